The molecule has 0 bridgehead atoms. The summed E-state index contributed by atoms with van der Waals surface area (Å²) in [5.74, 6) is -0.510. The predicted octanol–water partition coefficient (Wildman–Crippen LogP) is 3.19. The second kappa shape index (κ2) is 6.92. The van der Waals surface area contributed by atoms with Gasteiger partial charge in [0.15, 0.2) is 0 Å². The van der Waals surface area contributed by atoms with Gasteiger partial charge in [-0.15, -0.1) is 0 Å². The first-order chi connectivity index (χ1) is 11.2. The smallest absolute Gasteiger partial charge is 0.225 e. The lowest BCUT2D eigenvalue weighted by molar-refractivity contribution is -0.123. The second-order valence-corrected chi connectivity index (χ2v) is 5.88. The molecular formula is C19H20FNO2. The Bertz CT molecular complexity index is 666. The van der Waals surface area contributed by atoms with Crippen molar-refractivity contribution in [3.8, 4) is 0 Å². The molecule has 0 radical (unpaired) electrons. The number of carbonyl (C=O) groups excluding carboxylic acids is 1. The lowest BCUT2D eigenvalue weighted by Gasteiger charge is -2.38. The fraction of sp³-hybridized carbons (Fsp3) is 0.316. The van der Waals surface area contributed by atoms with Gasteiger partial charge in [0.05, 0.1) is 12.0 Å². The SMILES string of the molecule is O=C(Cc1ccccc1F)NC1(c2ccccc2)CCOCC1. The minimum Gasteiger partial charge on any atom is -0.381 e. The Morgan fingerprint density at radius 1 is 1.04 bits per heavy atom. The summed E-state index contributed by atoms with van der Waals surface area (Å²) >= 11 is 0. The molecule has 1 aliphatic rings. The molecule has 2 aromatic rings. The van der Waals surface area contributed by atoms with E-state index in [4.69, 9.17) is 4.74 Å². The first-order valence-corrected chi connectivity index (χ1v) is 7.87. The second-order valence-electron chi connectivity index (χ2n) is 5.88. The Kier molecular flexibility index (Phi) is 4.72. The number of amides is 1. The molecule has 1 fully saturated rings. The van der Waals surface area contributed by atoms with E-state index in [-0.39, 0.29) is 18.1 Å². The molecule has 0 atom stereocenters. The first kappa shape index (κ1) is 15.7. The number of hydrogen-bond donors (Lipinski definition) is 1. The van der Waals surface area contributed by atoms with Crippen molar-refractivity contribution in [2.24, 2.45) is 0 Å². The van der Waals surface area contributed by atoms with Crippen LogP contribution in [0.4, 0.5) is 4.39 Å². The van der Waals surface area contributed by atoms with Crippen molar-refractivity contribution in [1.29, 1.82) is 0 Å². The monoisotopic (exact) mass is 313 g/mol. The van der Waals surface area contributed by atoms with Crippen molar-refractivity contribution in [2.45, 2.75) is 24.8 Å². The van der Waals surface area contributed by atoms with Crippen LogP contribution in [-0.2, 0) is 21.5 Å². The number of nitrogens with one attached hydrogen (secondary N) is 1. The topological polar surface area (TPSA) is 38.3 Å². The molecule has 3 nitrogen and oxygen atoms in total. The van der Waals surface area contributed by atoms with E-state index in [0.717, 1.165) is 18.4 Å². The quantitative estimate of drug-likeness (QED) is 0.941. The largest absolute Gasteiger partial charge is 0.381 e. The molecule has 1 saturated heterocycles. The Morgan fingerprint density at radius 2 is 1.70 bits per heavy atom. The van der Waals surface area contributed by atoms with Crippen LogP contribution in [0.3, 0.4) is 0 Å². The van der Waals surface area contributed by atoms with Crippen LogP contribution in [0, 0.1) is 5.82 Å². The zero-order chi connectivity index (χ0) is 16.1. The standard InChI is InChI=1S/C19H20FNO2/c20-17-9-5-4-6-15(17)14-18(22)21-19(10-12-23-13-11-19)16-7-2-1-3-8-16/h1-9H,10-14H2,(H,21,22). The molecule has 0 unspecified atom stereocenters. The van der Waals surface area contributed by atoms with Crippen molar-refractivity contribution < 1.29 is 13.9 Å². The van der Waals surface area contributed by atoms with Gasteiger partial charge in [-0.1, -0.05) is 48.5 Å². The molecule has 1 heterocycles. The number of carbonyl (C=O) groups is 1. The van der Waals surface area contributed by atoms with Gasteiger partial charge in [0, 0.05) is 13.2 Å². The van der Waals surface area contributed by atoms with Crippen LogP contribution in [0.25, 0.3) is 0 Å². The van der Waals surface area contributed by atoms with Gasteiger partial charge in [-0.05, 0) is 30.0 Å². The van der Waals surface area contributed by atoms with Crippen molar-refractivity contribution in [1.82, 2.24) is 5.32 Å². The van der Waals surface area contributed by atoms with Crippen molar-refractivity contribution in [3.05, 3.63) is 71.5 Å². The zero-order valence-corrected chi connectivity index (χ0v) is 12.9. The van der Waals surface area contributed by atoms with Gasteiger partial charge in [0.25, 0.3) is 0 Å². The maximum atomic E-state index is 13.7. The number of ether oxygens (including phenoxy) is 1. The van der Waals surface area contributed by atoms with Crippen LogP contribution in [0.15, 0.2) is 54.6 Å². The van der Waals surface area contributed by atoms with E-state index in [1.165, 1.54) is 6.07 Å². The van der Waals surface area contributed by atoms with E-state index in [0.29, 0.717) is 18.8 Å². The Hall–Kier alpha value is -2.20. The molecular weight excluding hydrogens is 293 g/mol. The van der Waals surface area contributed by atoms with E-state index >= 15 is 0 Å². The van der Waals surface area contributed by atoms with Gasteiger partial charge in [-0.2, -0.15) is 0 Å². The van der Waals surface area contributed by atoms with Gasteiger partial charge < -0.3 is 10.1 Å². The summed E-state index contributed by atoms with van der Waals surface area (Å²) in [5.41, 5.74) is 1.06. The van der Waals surface area contributed by atoms with Crippen LogP contribution in [0.5, 0.6) is 0 Å². The van der Waals surface area contributed by atoms with Crippen LogP contribution in [-0.4, -0.2) is 19.1 Å². The molecule has 1 amide bonds. The summed E-state index contributed by atoms with van der Waals surface area (Å²) < 4.78 is 19.2. The third-order valence-corrected chi connectivity index (χ3v) is 4.36. The highest BCUT2D eigenvalue weighted by Crippen LogP contribution is 2.32. The summed E-state index contributed by atoms with van der Waals surface area (Å²) in [6, 6.07) is 16.3. The van der Waals surface area contributed by atoms with Gasteiger partial charge in [0.2, 0.25) is 5.91 Å². The fourth-order valence-electron chi connectivity index (χ4n) is 3.09. The number of rotatable bonds is 4. The molecule has 1 N–H and O–H groups in total. The summed E-state index contributed by atoms with van der Waals surface area (Å²) in [4.78, 5) is 12.5. The van der Waals surface area contributed by atoms with Gasteiger partial charge in [-0.25, -0.2) is 4.39 Å². The van der Waals surface area contributed by atoms with Gasteiger partial charge >= 0.3 is 0 Å². The van der Waals surface area contributed by atoms with Crippen molar-refractivity contribution in [2.75, 3.05) is 13.2 Å². The normalized spacial score (nSPS) is 16.7. The van der Waals surface area contributed by atoms with Crippen molar-refractivity contribution >= 4 is 5.91 Å². The minimum atomic E-state index is -0.429. The Balaban J connectivity index is 1.79. The molecule has 23 heavy (non-hydrogen) atoms. The lowest BCUT2D eigenvalue weighted by Crippen LogP contribution is -2.50. The Labute approximate surface area is 135 Å². The summed E-state index contributed by atoms with van der Waals surface area (Å²) in [5, 5.41) is 3.14. The molecule has 0 aromatic heterocycles. The number of hydrogen-bond acceptors (Lipinski definition) is 2. The van der Waals surface area contributed by atoms with E-state index in [2.05, 4.69) is 5.32 Å². The molecule has 3 rings (SSSR count). The number of benzene rings is 2. The molecule has 2 aromatic carbocycles. The zero-order valence-electron chi connectivity index (χ0n) is 12.9. The number of halogens is 1. The summed E-state index contributed by atoms with van der Waals surface area (Å²) in [6.45, 7) is 1.21. The maximum Gasteiger partial charge on any atom is 0.225 e. The Morgan fingerprint density at radius 3 is 2.39 bits per heavy atom. The summed E-state index contributed by atoms with van der Waals surface area (Å²) in [7, 11) is 0. The van der Waals surface area contributed by atoms with Crippen LogP contribution in [0.2, 0.25) is 0 Å². The molecule has 0 saturated carbocycles. The highest BCUT2D eigenvalue weighted by molar-refractivity contribution is 5.79. The molecule has 0 spiro atoms. The molecule has 0 aliphatic carbocycles. The molecule has 4 heteroatoms. The highest BCUT2D eigenvalue weighted by Gasteiger charge is 2.35. The van der Waals surface area contributed by atoms with Crippen molar-refractivity contribution in [3.63, 3.8) is 0 Å². The third kappa shape index (κ3) is 3.59. The van der Waals surface area contributed by atoms with Crippen LogP contribution >= 0.6 is 0 Å². The van der Waals surface area contributed by atoms with Gasteiger partial charge in [0.1, 0.15) is 5.82 Å². The van der Waals surface area contributed by atoms with E-state index in [9.17, 15) is 9.18 Å². The molecule has 120 valence electrons. The van der Waals surface area contributed by atoms with E-state index < -0.39 is 5.54 Å². The van der Waals surface area contributed by atoms with Gasteiger partial charge in [-0.3, -0.25) is 4.79 Å². The molecule has 1 aliphatic heterocycles. The van der Waals surface area contributed by atoms with E-state index in [1.807, 2.05) is 30.3 Å². The van der Waals surface area contributed by atoms with E-state index in [1.54, 1.807) is 18.2 Å². The van der Waals surface area contributed by atoms with Crippen LogP contribution in [0.1, 0.15) is 24.0 Å². The fourth-order valence-corrected chi connectivity index (χ4v) is 3.09. The highest BCUT2D eigenvalue weighted by atomic mass is 19.1. The minimum absolute atomic E-state index is 0.0438. The van der Waals surface area contributed by atoms with Crippen LogP contribution < -0.4 is 5.32 Å². The maximum absolute atomic E-state index is 13.7. The lowest BCUT2D eigenvalue weighted by atomic mass is 9.82. The predicted molar refractivity (Wildman–Crippen MR) is 86.4 cm³/mol. The first-order valence-electron chi connectivity index (χ1n) is 7.87. The third-order valence-electron chi connectivity index (χ3n) is 4.36. The average molecular weight is 313 g/mol. The summed E-state index contributed by atoms with van der Waals surface area (Å²) in [6.07, 6.45) is 1.49. The average Bonchev–Trinajstić information content (AvgIpc) is 2.58.